The maximum Gasteiger partial charge on any atom is 0.220 e. The Balaban J connectivity index is 2.09. The highest BCUT2D eigenvalue weighted by molar-refractivity contribution is 5.75. The van der Waals surface area contributed by atoms with E-state index in [2.05, 4.69) is 20.8 Å². The summed E-state index contributed by atoms with van der Waals surface area (Å²) in [6.45, 7) is 4.32. The Kier molecular flexibility index (Phi) is 4.22. The van der Waals surface area contributed by atoms with Crippen molar-refractivity contribution in [3.8, 4) is 5.69 Å². The van der Waals surface area contributed by atoms with Gasteiger partial charge in [0.25, 0.3) is 0 Å². The lowest BCUT2D eigenvalue weighted by Crippen LogP contribution is -2.24. The maximum atomic E-state index is 11.4. The molecule has 0 atom stereocenters. The van der Waals surface area contributed by atoms with Crippen LogP contribution in [0, 0.1) is 6.92 Å². The Bertz CT molecular complexity index is 546. The number of tetrazole rings is 1. The van der Waals surface area contributed by atoms with Crippen LogP contribution in [0.5, 0.6) is 0 Å². The van der Waals surface area contributed by atoms with E-state index in [0.29, 0.717) is 18.8 Å². The average Bonchev–Trinajstić information content (AvgIpc) is 2.86. The van der Waals surface area contributed by atoms with Crippen LogP contribution in [0.3, 0.4) is 0 Å². The summed E-state index contributed by atoms with van der Waals surface area (Å²) in [5, 5.41) is 14.3. The third-order valence-electron chi connectivity index (χ3n) is 2.73. The molecule has 19 heavy (non-hydrogen) atoms. The van der Waals surface area contributed by atoms with Crippen molar-refractivity contribution in [2.75, 3.05) is 0 Å². The van der Waals surface area contributed by atoms with Crippen molar-refractivity contribution in [3.63, 3.8) is 0 Å². The van der Waals surface area contributed by atoms with Gasteiger partial charge in [0.1, 0.15) is 0 Å². The first-order valence-corrected chi connectivity index (χ1v) is 6.31. The largest absolute Gasteiger partial charge is 0.349 e. The number of amides is 1. The summed E-state index contributed by atoms with van der Waals surface area (Å²) in [5.41, 5.74) is 2.06. The Labute approximate surface area is 111 Å². The Morgan fingerprint density at radius 3 is 2.74 bits per heavy atom. The average molecular weight is 259 g/mol. The summed E-state index contributed by atoms with van der Waals surface area (Å²) in [6, 6.07) is 7.89. The van der Waals surface area contributed by atoms with Crippen LogP contribution in [0.1, 0.15) is 31.2 Å². The van der Waals surface area contributed by atoms with Gasteiger partial charge in [-0.1, -0.05) is 24.6 Å². The summed E-state index contributed by atoms with van der Waals surface area (Å²) in [6.07, 6.45) is 1.35. The van der Waals surface area contributed by atoms with Crippen LogP contribution in [0.25, 0.3) is 5.69 Å². The quantitative estimate of drug-likeness (QED) is 0.880. The number of hydrogen-bond donors (Lipinski definition) is 1. The van der Waals surface area contributed by atoms with E-state index in [1.165, 1.54) is 5.56 Å². The monoisotopic (exact) mass is 259 g/mol. The lowest BCUT2D eigenvalue weighted by atomic mass is 10.2. The predicted octanol–water partition coefficient (Wildman–Crippen LogP) is 1.39. The van der Waals surface area contributed by atoms with E-state index in [1.54, 1.807) is 4.68 Å². The molecule has 100 valence electrons. The van der Waals surface area contributed by atoms with E-state index in [9.17, 15) is 4.79 Å². The molecule has 1 N–H and O–H groups in total. The molecule has 1 aromatic heterocycles. The minimum Gasteiger partial charge on any atom is -0.349 e. The first kappa shape index (κ1) is 13.2. The van der Waals surface area contributed by atoms with E-state index in [0.717, 1.165) is 12.1 Å². The number of rotatable bonds is 5. The molecule has 0 radical (unpaired) electrons. The zero-order valence-electron chi connectivity index (χ0n) is 11.1. The molecule has 1 amide bonds. The van der Waals surface area contributed by atoms with Crippen molar-refractivity contribution in [3.05, 3.63) is 35.7 Å². The second-order valence-corrected chi connectivity index (χ2v) is 4.37. The van der Waals surface area contributed by atoms with Gasteiger partial charge in [-0.25, -0.2) is 0 Å². The van der Waals surface area contributed by atoms with Crippen LogP contribution in [0.2, 0.25) is 0 Å². The van der Waals surface area contributed by atoms with Gasteiger partial charge in [0, 0.05) is 6.42 Å². The SMILES string of the molecule is CCCC(=O)NCc1nnnn1-c1ccc(C)cc1. The highest BCUT2D eigenvalue weighted by Gasteiger charge is 2.09. The molecule has 0 aliphatic rings. The van der Waals surface area contributed by atoms with Crippen LogP contribution >= 0.6 is 0 Å². The standard InChI is InChI=1S/C13H17N5O/c1-3-4-13(19)14-9-12-15-16-17-18(12)11-7-5-10(2)6-8-11/h5-8H,3-4,9H2,1-2H3,(H,14,19). The number of carbonyl (C=O) groups is 1. The van der Waals surface area contributed by atoms with E-state index in [4.69, 9.17) is 0 Å². The zero-order valence-corrected chi connectivity index (χ0v) is 11.1. The summed E-state index contributed by atoms with van der Waals surface area (Å²) in [5.74, 6) is 0.634. The van der Waals surface area contributed by atoms with E-state index >= 15 is 0 Å². The van der Waals surface area contributed by atoms with Gasteiger partial charge >= 0.3 is 0 Å². The summed E-state index contributed by atoms with van der Waals surface area (Å²) in [4.78, 5) is 11.4. The molecule has 0 bridgehead atoms. The Morgan fingerprint density at radius 2 is 2.05 bits per heavy atom. The molecule has 0 saturated carbocycles. The van der Waals surface area contributed by atoms with Crippen LogP contribution in [0.4, 0.5) is 0 Å². The second kappa shape index (κ2) is 6.08. The second-order valence-electron chi connectivity index (χ2n) is 4.37. The molecule has 0 fully saturated rings. The van der Waals surface area contributed by atoms with Crippen molar-refractivity contribution >= 4 is 5.91 Å². The van der Waals surface area contributed by atoms with Crippen molar-refractivity contribution in [1.82, 2.24) is 25.5 Å². The number of nitrogens with one attached hydrogen (secondary N) is 1. The lowest BCUT2D eigenvalue weighted by Gasteiger charge is -2.06. The van der Waals surface area contributed by atoms with Gasteiger partial charge in [-0.3, -0.25) is 4.79 Å². The van der Waals surface area contributed by atoms with Crippen molar-refractivity contribution in [2.45, 2.75) is 33.2 Å². The minimum absolute atomic E-state index is 0.0148. The fraction of sp³-hybridized carbons (Fsp3) is 0.385. The fourth-order valence-corrected chi connectivity index (χ4v) is 1.70. The van der Waals surface area contributed by atoms with Crippen molar-refractivity contribution < 1.29 is 4.79 Å². The maximum absolute atomic E-state index is 11.4. The highest BCUT2D eigenvalue weighted by atomic mass is 16.1. The van der Waals surface area contributed by atoms with Gasteiger partial charge in [-0.05, 0) is 35.9 Å². The van der Waals surface area contributed by atoms with Crippen LogP contribution in [0.15, 0.2) is 24.3 Å². The van der Waals surface area contributed by atoms with Crippen LogP contribution < -0.4 is 5.32 Å². The fourth-order valence-electron chi connectivity index (χ4n) is 1.70. The molecular weight excluding hydrogens is 242 g/mol. The van der Waals surface area contributed by atoms with Gasteiger partial charge in [-0.2, -0.15) is 4.68 Å². The number of aromatic nitrogens is 4. The first-order chi connectivity index (χ1) is 9.20. The molecular formula is C13H17N5O. The topological polar surface area (TPSA) is 72.7 Å². The summed E-state index contributed by atoms with van der Waals surface area (Å²) < 4.78 is 1.63. The Hall–Kier alpha value is -2.24. The van der Waals surface area contributed by atoms with E-state index in [1.807, 2.05) is 38.1 Å². The molecule has 6 nitrogen and oxygen atoms in total. The smallest absolute Gasteiger partial charge is 0.220 e. The zero-order chi connectivity index (χ0) is 13.7. The molecule has 1 heterocycles. The van der Waals surface area contributed by atoms with Crippen LogP contribution in [-0.2, 0) is 11.3 Å². The van der Waals surface area contributed by atoms with Crippen LogP contribution in [-0.4, -0.2) is 26.1 Å². The number of hydrogen-bond acceptors (Lipinski definition) is 4. The molecule has 0 spiro atoms. The highest BCUT2D eigenvalue weighted by Crippen LogP contribution is 2.09. The number of benzene rings is 1. The van der Waals surface area contributed by atoms with Gasteiger partial charge in [0.2, 0.25) is 5.91 Å². The third kappa shape index (κ3) is 3.37. The van der Waals surface area contributed by atoms with E-state index < -0.39 is 0 Å². The molecule has 0 saturated heterocycles. The normalized spacial score (nSPS) is 10.4. The number of nitrogens with zero attached hydrogens (tertiary/aromatic N) is 4. The number of aryl methyl sites for hydroxylation is 1. The molecule has 2 aromatic rings. The molecule has 2 rings (SSSR count). The summed E-state index contributed by atoms with van der Waals surface area (Å²) >= 11 is 0. The first-order valence-electron chi connectivity index (χ1n) is 6.31. The Morgan fingerprint density at radius 1 is 1.32 bits per heavy atom. The molecule has 0 aliphatic heterocycles. The van der Waals surface area contributed by atoms with Gasteiger partial charge in [-0.15, -0.1) is 5.10 Å². The minimum atomic E-state index is 0.0148. The van der Waals surface area contributed by atoms with Gasteiger partial charge in [0.05, 0.1) is 12.2 Å². The third-order valence-corrected chi connectivity index (χ3v) is 2.73. The van der Waals surface area contributed by atoms with Gasteiger partial charge < -0.3 is 5.32 Å². The van der Waals surface area contributed by atoms with Gasteiger partial charge in [0.15, 0.2) is 5.82 Å². The molecule has 1 aromatic carbocycles. The van der Waals surface area contributed by atoms with E-state index in [-0.39, 0.29) is 5.91 Å². The molecule has 6 heteroatoms. The van der Waals surface area contributed by atoms with Crippen molar-refractivity contribution in [2.24, 2.45) is 0 Å². The van der Waals surface area contributed by atoms with Crippen molar-refractivity contribution in [1.29, 1.82) is 0 Å². The predicted molar refractivity (Wildman–Crippen MR) is 70.6 cm³/mol. The molecule has 0 aliphatic carbocycles. The number of carbonyl (C=O) groups excluding carboxylic acids is 1. The molecule has 0 unspecified atom stereocenters. The summed E-state index contributed by atoms with van der Waals surface area (Å²) in [7, 11) is 0. The lowest BCUT2D eigenvalue weighted by molar-refractivity contribution is -0.121.